The number of hydrogen-bond acceptors (Lipinski definition) is 6. The van der Waals surface area contributed by atoms with Crippen molar-refractivity contribution in [3.8, 4) is 0 Å². The lowest BCUT2D eigenvalue weighted by atomic mass is 10.0. The third kappa shape index (κ3) is 23.7. The first-order valence-corrected chi connectivity index (χ1v) is 13.8. The van der Waals surface area contributed by atoms with Gasteiger partial charge < -0.3 is 4.74 Å². The highest BCUT2D eigenvalue weighted by molar-refractivity contribution is 5.91. The van der Waals surface area contributed by atoms with Gasteiger partial charge in [-0.1, -0.05) is 117 Å². The van der Waals surface area contributed by atoms with Crippen LogP contribution in [-0.4, -0.2) is 24.1 Å². The molecular formula is C28H52O6. The van der Waals surface area contributed by atoms with Crippen LogP contribution in [0, 0.1) is 0 Å². The Hall–Kier alpha value is -1.40. The molecule has 200 valence electrons. The quantitative estimate of drug-likeness (QED) is 0.0451. The first-order chi connectivity index (χ1) is 16.4. The maximum Gasteiger partial charge on any atom is 0.369 e. The van der Waals surface area contributed by atoms with Gasteiger partial charge >= 0.3 is 11.9 Å². The Morgan fingerprint density at radius 3 is 1.53 bits per heavy atom. The SMILES string of the molecule is CCCCCCCCCCCCCCCCCCOC(=O)C=CC(=O)OOOC(C)(C)CCC. The van der Waals surface area contributed by atoms with Gasteiger partial charge in [0.2, 0.25) is 0 Å². The first-order valence-electron chi connectivity index (χ1n) is 13.8. The van der Waals surface area contributed by atoms with Gasteiger partial charge in [0.15, 0.2) is 0 Å². The number of carbonyl (C=O) groups is 2. The fourth-order valence-electron chi connectivity index (χ4n) is 3.82. The van der Waals surface area contributed by atoms with E-state index in [0.29, 0.717) is 6.61 Å². The third-order valence-electron chi connectivity index (χ3n) is 5.83. The maximum atomic E-state index is 11.6. The highest BCUT2D eigenvalue weighted by Gasteiger charge is 2.20. The van der Waals surface area contributed by atoms with Gasteiger partial charge in [-0.05, 0) is 31.7 Å². The Kier molecular flexibility index (Phi) is 22.4. The number of hydrogen-bond donors (Lipinski definition) is 0. The van der Waals surface area contributed by atoms with Crippen molar-refractivity contribution in [2.75, 3.05) is 6.61 Å². The second kappa shape index (κ2) is 23.3. The van der Waals surface area contributed by atoms with Crippen LogP contribution in [0.3, 0.4) is 0 Å². The highest BCUT2D eigenvalue weighted by atomic mass is 17.5. The van der Waals surface area contributed by atoms with Crippen molar-refractivity contribution in [1.82, 2.24) is 0 Å². The number of ether oxygens (including phenoxy) is 1. The molecule has 0 aliphatic rings. The summed E-state index contributed by atoms with van der Waals surface area (Å²) < 4.78 is 5.10. The lowest BCUT2D eigenvalue weighted by Gasteiger charge is -2.20. The largest absolute Gasteiger partial charge is 0.463 e. The van der Waals surface area contributed by atoms with Gasteiger partial charge in [-0.25, -0.2) is 9.59 Å². The Balaban J connectivity index is 3.43. The van der Waals surface area contributed by atoms with E-state index in [1.165, 1.54) is 89.9 Å². The first kappa shape index (κ1) is 32.6. The van der Waals surface area contributed by atoms with Crippen molar-refractivity contribution in [1.29, 1.82) is 0 Å². The van der Waals surface area contributed by atoms with Crippen LogP contribution in [-0.2, 0) is 29.1 Å². The predicted octanol–water partition coefficient (Wildman–Crippen LogP) is 8.33. The molecule has 0 radical (unpaired) electrons. The lowest BCUT2D eigenvalue weighted by Crippen LogP contribution is -2.24. The lowest BCUT2D eigenvalue weighted by molar-refractivity contribution is -0.515. The molecule has 0 spiro atoms. The summed E-state index contributed by atoms with van der Waals surface area (Å²) in [6.07, 6.45) is 24.5. The zero-order chi connectivity index (χ0) is 25.3. The van der Waals surface area contributed by atoms with E-state index in [2.05, 4.69) is 16.8 Å². The van der Waals surface area contributed by atoms with Crippen LogP contribution in [0.25, 0.3) is 0 Å². The third-order valence-corrected chi connectivity index (χ3v) is 5.83. The van der Waals surface area contributed by atoms with Crippen LogP contribution < -0.4 is 0 Å². The van der Waals surface area contributed by atoms with E-state index in [1.807, 2.05) is 20.8 Å². The minimum absolute atomic E-state index is 0.363. The molecule has 0 rings (SSSR count). The summed E-state index contributed by atoms with van der Waals surface area (Å²) in [5, 5.41) is 4.49. The normalized spacial score (nSPS) is 11.8. The summed E-state index contributed by atoms with van der Waals surface area (Å²) >= 11 is 0. The topological polar surface area (TPSA) is 71.1 Å². The van der Waals surface area contributed by atoms with Crippen LogP contribution in [0.2, 0.25) is 0 Å². The molecule has 0 saturated heterocycles. The van der Waals surface area contributed by atoms with Gasteiger partial charge in [0, 0.05) is 12.2 Å². The summed E-state index contributed by atoms with van der Waals surface area (Å²) in [6, 6.07) is 0. The summed E-state index contributed by atoms with van der Waals surface area (Å²) in [7, 11) is 0. The molecule has 0 bridgehead atoms. The Bertz CT molecular complexity index is 515. The molecule has 0 unspecified atom stereocenters. The van der Waals surface area contributed by atoms with Crippen molar-refractivity contribution in [2.45, 2.75) is 149 Å². The molecule has 0 aromatic heterocycles. The molecule has 0 amide bonds. The van der Waals surface area contributed by atoms with Gasteiger partial charge in [-0.15, -0.1) is 0 Å². The van der Waals surface area contributed by atoms with Crippen molar-refractivity contribution < 1.29 is 29.1 Å². The molecule has 0 aliphatic heterocycles. The second-order valence-corrected chi connectivity index (χ2v) is 9.87. The van der Waals surface area contributed by atoms with Crippen molar-refractivity contribution >= 4 is 11.9 Å². The van der Waals surface area contributed by atoms with Crippen LogP contribution in [0.15, 0.2) is 12.2 Å². The average Bonchev–Trinajstić information content (AvgIpc) is 2.79. The standard InChI is InChI=1S/C28H52O6/c1-5-7-8-9-10-11-12-13-14-15-16-17-18-19-20-21-25-31-26(29)22-23-27(30)32-34-33-28(3,4)24-6-2/h22-23H,5-21,24-25H2,1-4H3. The maximum absolute atomic E-state index is 11.6. The monoisotopic (exact) mass is 484 g/mol. The molecule has 0 atom stereocenters. The predicted molar refractivity (Wildman–Crippen MR) is 137 cm³/mol. The highest BCUT2D eigenvalue weighted by Crippen LogP contribution is 2.17. The van der Waals surface area contributed by atoms with E-state index >= 15 is 0 Å². The van der Waals surface area contributed by atoms with E-state index in [-0.39, 0.29) is 0 Å². The van der Waals surface area contributed by atoms with E-state index in [1.54, 1.807) is 0 Å². The Morgan fingerprint density at radius 1 is 0.618 bits per heavy atom. The summed E-state index contributed by atoms with van der Waals surface area (Å²) in [4.78, 5) is 32.6. The molecule has 0 aromatic carbocycles. The molecule has 34 heavy (non-hydrogen) atoms. The molecule has 0 fully saturated rings. The van der Waals surface area contributed by atoms with E-state index in [9.17, 15) is 9.59 Å². The van der Waals surface area contributed by atoms with Crippen molar-refractivity contribution in [2.24, 2.45) is 0 Å². The van der Waals surface area contributed by atoms with E-state index in [4.69, 9.17) is 9.62 Å². The number of rotatable bonds is 24. The smallest absolute Gasteiger partial charge is 0.369 e. The summed E-state index contributed by atoms with van der Waals surface area (Å²) in [5.74, 6) is -1.39. The zero-order valence-electron chi connectivity index (χ0n) is 22.5. The molecule has 6 nitrogen and oxygen atoms in total. The van der Waals surface area contributed by atoms with Crippen LogP contribution in [0.4, 0.5) is 0 Å². The molecule has 0 aromatic rings. The fraction of sp³-hybridized carbons (Fsp3) is 0.857. The minimum Gasteiger partial charge on any atom is -0.463 e. The van der Waals surface area contributed by atoms with Crippen LogP contribution >= 0.6 is 0 Å². The molecular weight excluding hydrogens is 432 g/mol. The summed E-state index contributed by atoms with van der Waals surface area (Å²) in [5.41, 5.74) is -0.551. The van der Waals surface area contributed by atoms with Gasteiger partial charge in [0.1, 0.15) is 5.60 Å². The molecule has 0 heterocycles. The Labute approximate surface area is 209 Å². The van der Waals surface area contributed by atoms with Crippen LogP contribution in [0.1, 0.15) is 143 Å². The fourth-order valence-corrected chi connectivity index (χ4v) is 3.82. The molecule has 6 heteroatoms. The number of esters is 1. The van der Waals surface area contributed by atoms with Gasteiger partial charge in [0.05, 0.1) is 6.61 Å². The van der Waals surface area contributed by atoms with Crippen molar-refractivity contribution in [3.05, 3.63) is 12.2 Å². The van der Waals surface area contributed by atoms with Gasteiger partial charge in [0.25, 0.3) is 0 Å². The zero-order valence-corrected chi connectivity index (χ0v) is 22.5. The van der Waals surface area contributed by atoms with E-state index in [0.717, 1.165) is 37.8 Å². The average molecular weight is 485 g/mol. The van der Waals surface area contributed by atoms with Crippen LogP contribution in [0.5, 0.6) is 0 Å². The summed E-state index contributed by atoms with van der Waals surface area (Å²) in [6.45, 7) is 8.31. The van der Waals surface area contributed by atoms with E-state index < -0.39 is 17.5 Å². The second-order valence-electron chi connectivity index (χ2n) is 9.87. The van der Waals surface area contributed by atoms with Crippen molar-refractivity contribution in [3.63, 3.8) is 0 Å². The molecule has 0 N–H and O–H groups in total. The Morgan fingerprint density at radius 2 is 1.06 bits per heavy atom. The minimum atomic E-state index is -0.827. The number of unbranched alkanes of at least 4 members (excludes halogenated alkanes) is 15. The van der Waals surface area contributed by atoms with Gasteiger partial charge in [-0.2, -0.15) is 4.89 Å². The van der Waals surface area contributed by atoms with Gasteiger partial charge in [-0.3, -0.25) is 4.89 Å². The molecule has 0 aliphatic carbocycles. The number of carbonyl (C=O) groups excluding carboxylic acids is 2. The molecule has 0 saturated carbocycles.